The molecule has 0 aliphatic heterocycles. The molecule has 0 unspecified atom stereocenters. The number of hydrogen-bond donors (Lipinski definition) is 4. The lowest BCUT2D eigenvalue weighted by Gasteiger charge is -2.30. The van der Waals surface area contributed by atoms with E-state index in [9.17, 15) is 9.59 Å². The van der Waals surface area contributed by atoms with Crippen molar-refractivity contribution in [2.45, 2.75) is 38.1 Å². The fourth-order valence-corrected chi connectivity index (χ4v) is 3.08. The predicted octanol–water partition coefficient (Wildman–Crippen LogP) is 2.02. The third kappa shape index (κ3) is 4.59. The number of nitrogens with one attached hydrogen (secondary N) is 2. The van der Waals surface area contributed by atoms with Crippen molar-refractivity contribution in [1.29, 1.82) is 0 Å². The third-order valence-corrected chi connectivity index (χ3v) is 4.82. The molecular weight excluding hydrogens is 330 g/mol. The second-order valence-corrected chi connectivity index (χ2v) is 6.48. The molecule has 6 heteroatoms. The monoisotopic (exact) mass is 357 g/mol. The molecule has 0 saturated carbocycles. The lowest BCUT2D eigenvalue weighted by Crippen LogP contribution is -2.50. The summed E-state index contributed by atoms with van der Waals surface area (Å²) in [5.41, 5.74) is 7.45. The van der Waals surface area contributed by atoms with E-state index in [0.29, 0.717) is 25.8 Å². The lowest BCUT2D eigenvalue weighted by atomic mass is 9.77. The van der Waals surface area contributed by atoms with Gasteiger partial charge in [-0.1, -0.05) is 61.6 Å². The molecule has 140 valence electrons. The van der Waals surface area contributed by atoms with E-state index in [1.165, 1.54) is 0 Å². The number of allylic oxidation sites excluding steroid dienone is 2. The third-order valence-electron chi connectivity index (χ3n) is 4.82. The Balaban J connectivity index is 2.12. The summed E-state index contributed by atoms with van der Waals surface area (Å²) in [5, 5.41) is 11.6. The van der Waals surface area contributed by atoms with E-state index >= 15 is 0 Å². The molecule has 2 amide bonds. The fraction of sp³-hybridized carbons (Fsp3) is 0.400. The highest BCUT2D eigenvalue weighted by Gasteiger charge is 2.35. The number of benzene rings is 1. The van der Waals surface area contributed by atoms with Crippen LogP contribution in [0.25, 0.3) is 0 Å². The van der Waals surface area contributed by atoms with E-state index in [1.54, 1.807) is 5.48 Å². The average Bonchev–Trinajstić information content (AvgIpc) is 2.71. The van der Waals surface area contributed by atoms with Crippen LogP contribution in [-0.4, -0.2) is 29.6 Å². The SMILES string of the molecule is CCC1(C(=O)N[C@@H](CCCN)C(=O)NO)C=CC(c2ccccc2)C=C1. The maximum absolute atomic E-state index is 12.9. The van der Waals surface area contributed by atoms with Crippen LogP contribution >= 0.6 is 0 Å². The summed E-state index contributed by atoms with van der Waals surface area (Å²) < 4.78 is 0. The lowest BCUT2D eigenvalue weighted by molar-refractivity contribution is -0.136. The maximum atomic E-state index is 12.9. The van der Waals surface area contributed by atoms with E-state index in [0.717, 1.165) is 5.56 Å². The molecule has 2 rings (SSSR count). The van der Waals surface area contributed by atoms with Crippen LogP contribution in [0.4, 0.5) is 0 Å². The van der Waals surface area contributed by atoms with Gasteiger partial charge in [0.25, 0.3) is 5.91 Å². The first-order chi connectivity index (χ1) is 12.6. The number of rotatable bonds is 8. The number of carbonyl (C=O) groups is 2. The molecule has 0 saturated heterocycles. The maximum Gasteiger partial charge on any atom is 0.265 e. The summed E-state index contributed by atoms with van der Waals surface area (Å²) in [6.07, 6.45) is 9.33. The van der Waals surface area contributed by atoms with Gasteiger partial charge in [-0.3, -0.25) is 14.8 Å². The molecule has 5 N–H and O–H groups in total. The molecule has 26 heavy (non-hydrogen) atoms. The van der Waals surface area contributed by atoms with Gasteiger partial charge in [0.05, 0.1) is 5.41 Å². The van der Waals surface area contributed by atoms with E-state index in [-0.39, 0.29) is 11.8 Å². The number of hydroxylamine groups is 1. The van der Waals surface area contributed by atoms with Gasteiger partial charge < -0.3 is 11.1 Å². The summed E-state index contributed by atoms with van der Waals surface area (Å²) in [5.74, 6) is -0.772. The largest absolute Gasteiger partial charge is 0.343 e. The van der Waals surface area contributed by atoms with Crippen LogP contribution in [0.3, 0.4) is 0 Å². The molecule has 0 bridgehead atoms. The Bertz CT molecular complexity index is 656. The van der Waals surface area contributed by atoms with Crippen molar-refractivity contribution in [3.63, 3.8) is 0 Å². The van der Waals surface area contributed by atoms with E-state index in [2.05, 4.69) is 5.32 Å². The van der Waals surface area contributed by atoms with Crippen LogP contribution in [-0.2, 0) is 9.59 Å². The molecule has 1 aromatic carbocycles. The van der Waals surface area contributed by atoms with Gasteiger partial charge in [-0.05, 0) is 31.4 Å². The normalized spacial score (nSPS) is 22.7. The van der Waals surface area contributed by atoms with Crippen LogP contribution in [0.15, 0.2) is 54.6 Å². The van der Waals surface area contributed by atoms with E-state index in [1.807, 2.05) is 61.6 Å². The first kappa shape index (κ1) is 19.9. The summed E-state index contributed by atoms with van der Waals surface area (Å²) in [6, 6.07) is 9.23. The van der Waals surface area contributed by atoms with Gasteiger partial charge in [0.15, 0.2) is 0 Å². The van der Waals surface area contributed by atoms with Crippen molar-refractivity contribution in [3.8, 4) is 0 Å². The molecule has 6 nitrogen and oxygen atoms in total. The van der Waals surface area contributed by atoms with Crippen molar-refractivity contribution in [2.24, 2.45) is 11.1 Å². The summed E-state index contributed by atoms with van der Waals surface area (Å²) >= 11 is 0. The zero-order chi connectivity index (χ0) is 19.0. The Labute approximate surface area is 154 Å². The predicted molar refractivity (Wildman–Crippen MR) is 100 cm³/mol. The van der Waals surface area contributed by atoms with E-state index in [4.69, 9.17) is 10.9 Å². The molecule has 0 aromatic heterocycles. The molecule has 1 aromatic rings. The summed E-state index contributed by atoms with van der Waals surface area (Å²) in [7, 11) is 0. The van der Waals surface area contributed by atoms with Gasteiger partial charge in [-0.15, -0.1) is 0 Å². The second kappa shape index (κ2) is 9.31. The number of amides is 2. The van der Waals surface area contributed by atoms with Gasteiger partial charge in [-0.2, -0.15) is 0 Å². The number of nitrogens with two attached hydrogens (primary N) is 1. The quantitative estimate of drug-likeness (QED) is 0.324. The van der Waals surface area contributed by atoms with Gasteiger partial charge >= 0.3 is 0 Å². The molecule has 0 fully saturated rings. The minimum absolute atomic E-state index is 0.123. The molecule has 1 atom stereocenters. The highest BCUT2D eigenvalue weighted by molar-refractivity contribution is 5.92. The molecule has 0 radical (unpaired) electrons. The Morgan fingerprint density at radius 2 is 1.88 bits per heavy atom. The van der Waals surface area contributed by atoms with Crippen molar-refractivity contribution in [3.05, 3.63) is 60.2 Å². The summed E-state index contributed by atoms with van der Waals surface area (Å²) in [6.45, 7) is 2.33. The van der Waals surface area contributed by atoms with Crippen LogP contribution in [0.2, 0.25) is 0 Å². The van der Waals surface area contributed by atoms with Crippen LogP contribution < -0.4 is 16.5 Å². The first-order valence-corrected chi connectivity index (χ1v) is 8.95. The van der Waals surface area contributed by atoms with Gasteiger partial charge in [0.2, 0.25) is 5.91 Å². The minimum Gasteiger partial charge on any atom is -0.343 e. The van der Waals surface area contributed by atoms with Crippen molar-refractivity contribution in [2.75, 3.05) is 6.54 Å². The zero-order valence-corrected chi connectivity index (χ0v) is 15.0. The summed E-state index contributed by atoms with van der Waals surface area (Å²) in [4.78, 5) is 24.7. The molecule has 1 aliphatic carbocycles. The molecular formula is C20H27N3O3. The van der Waals surface area contributed by atoms with Crippen LogP contribution in [0.5, 0.6) is 0 Å². The van der Waals surface area contributed by atoms with Gasteiger partial charge in [-0.25, -0.2) is 5.48 Å². The topological polar surface area (TPSA) is 104 Å². The fourth-order valence-electron chi connectivity index (χ4n) is 3.08. The highest BCUT2D eigenvalue weighted by Crippen LogP contribution is 2.34. The minimum atomic E-state index is -0.812. The first-order valence-electron chi connectivity index (χ1n) is 8.95. The van der Waals surface area contributed by atoms with Crippen LogP contribution in [0.1, 0.15) is 37.7 Å². The Hall–Kier alpha value is -2.44. The molecule has 0 heterocycles. The number of carbonyl (C=O) groups excluding carboxylic acids is 2. The smallest absolute Gasteiger partial charge is 0.265 e. The number of hydrogen-bond acceptors (Lipinski definition) is 4. The van der Waals surface area contributed by atoms with Gasteiger partial charge in [0.1, 0.15) is 6.04 Å². The highest BCUT2D eigenvalue weighted by atomic mass is 16.5. The zero-order valence-electron chi connectivity index (χ0n) is 15.0. The molecule has 0 spiro atoms. The van der Waals surface area contributed by atoms with Crippen LogP contribution in [0, 0.1) is 5.41 Å². The van der Waals surface area contributed by atoms with Crippen molar-refractivity contribution < 1.29 is 14.8 Å². The van der Waals surface area contributed by atoms with Crippen molar-refractivity contribution >= 4 is 11.8 Å². The second-order valence-electron chi connectivity index (χ2n) is 6.48. The average molecular weight is 357 g/mol. The standard InChI is InChI=1S/C20H27N3O3/c1-2-20(19(25)22-17(9-6-14-21)18(24)23-26)12-10-16(11-13-20)15-7-4-3-5-8-15/h3-5,7-8,10-13,16-17,26H,2,6,9,14,21H2,1H3,(H,22,25)(H,23,24)/t16?,17-,20?/m0/s1. The molecule has 1 aliphatic rings. The Morgan fingerprint density at radius 1 is 1.23 bits per heavy atom. The Morgan fingerprint density at radius 3 is 2.42 bits per heavy atom. The van der Waals surface area contributed by atoms with Gasteiger partial charge in [0, 0.05) is 5.92 Å². The Kier molecular flexibility index (Phi) is 7.12. The van der Waals surface area contributed by atoms with E-state index < -0.39 is 17.4 Å². The van der Waals surface area contributed by atoms with Crippen molar-refractivity contribution in [1.82, 2.24) is 10.8 Å².